The van der Waals surface area contributed by atoms with Crippen molar-refractivity contribution in [3.8, 4) is 0 Å². The normalized spacial score (nSPS) is 23.4. The Morgan fingerprint density at radius 1 is 1.38 bits per heavy atom. The van der Waals surface area contributed by atoms with Gasteiger partial charge < -0.3 is 5.32 Å². The first-order valence-electron chi connectivity index (χ1n) is 5.38. The van der Waals surface area contributed by atoms with Crippen LogP contribution in [0.5, 0.6) is 0 Å². The molecule has 1 heterocycles. The second-order valence-electron chi connectivity index (χ2n) is 4.25. The molecular formula is C14H16N2. The van der Waals surface area contributed by atoms with Crippen molar-refractivity contribution in [2.75, 3.05) is 5.32 Å². The van der Waals surface area contributed by atoms with E-state index < -0.39 is 0 Å². The van der Waals surface area contributed by atoms with Gasteiger partial charge in [0.25, 0.3) is 0 Å². The fraction of sp³-hybridized carbons (Fsp3) is 0.214. The molecule has 2 rings (SSSR count). The van der Waals surface area contributed by atoms with E-state index in [-0.39, 0.29) is 5.54 Å². The van der Waals surface area contributed by atoms with Crippen molar-refractivity contribution in [2.45, 2.75) is 18.9 Å². The molecule has 0 spiro atoms. The molecule has 1 N–H and O–H groups in total. The first-order chi connectivity index (χ1) is 7.67. The van der Waals surface area contributed by atoms with Crippen molar-refractivity contribution in [1.29, 1.82) is 0 Å². The number of fused-ring (bicyclic) bond motifs is 1. The number of hydrogen-bond acceptors (Lipinski definition) is 2. The lowest BCUT2D eigenvalue weighted by Gasteiger charge is -2.26. The molecule has 1 aromatic rings. The molecular weight excluding hydrogens is 196 g/mol. The third-order valence-corrected chi connectivity index (χ3v) is 2.82. The van der Waals surface area contributed by atoms with Crippen LogP contribution in [0.2, 0.25) is 0 Å². The van der Waals surface area contributed by atoms with Crippen molar-refractivity contribution in [2.24, 2.45) is 4.99 Å². The maximum atomic E-state index is 4.59. The highest BCUT2D eigenvalue weighted by Gasteiger charge is 2.25. The van der Waals surface area contributed by atoms with Crippen LogP contribution in [0, 0.1) is 0 Å². The Bertz CT molecular complexity index is 460. The second-order valence-corrected chi connectivity index (χ2v) is 4.25. The number of nitrogens with one attached hydrogen (secondary N) is 1. The monoisotopic (exact) mass is 212 g/mol. The average Bonchev–Trinajstić information content (AvgIpc) is 2.45. The van der Waals surface area contributed by atoms with Crippen LogP contribution in [0.1, 0.15) is 13.3 Å². The summed E-state index contributed by atoms with van der Waals surface area (Å²) >= 11 is 0. The quantitative estimate of drug-likeness (QED) is 0.742. The van der Waals surface area contributed by atoms with Crippen LogP contribution < -0.4 is 5.32 Å². The Kier molecular flexibility index (Phi) is 2.65. The van der Waals surface area contributed by atoms with Gasteiger partial charge in [-0.25, -0.2) is 0 Å². The summed E-state index contributed by atoms with van der Waals surface area (Å²) in [4.78, 5) is 4.59. The molecule has 0 fully saturated rings. The molecule has 16 heavy (non-hydrogen) atoms. The van der Waals surface area contributed by atoms with E-state index >= 15 is 0 Å². The smallest absolute Gasteiger partial charge is 0.0864 e. The van der Waals surface area contributed by atoms with E-state index in [9.17, 15) is 0 Å². The van der Waals surface area contributed by atoms with Gasteiger partial charge in [0, 0.05) is 12.1 Å². The molecule has 1 aliphatic heterocycles. The van der Waals surface area contributed by atoms with Gasteiger partial charge in [0.1, 0.15) is 0 Å². The summed E-state index contributed by atoms with van der Waals surface area (Å²) in [6, 6.07) is 8.03. The Balaban J connectivity index is 2.53. The molecule has 0 aromatic heterocycles. The predicted molar refractivity (Wildman–Crippen MR) is 70.6 cm³/mol. The summed E-state index contributed by atoms with van der Waals surface area (Å²) in [5.74, 6) is 0. The third kappa shape index (κ3) is 1.91. The number of hydrogen-bond donors (Lipinski definition) is 1. The first-order valence-corrected chi connectivity index (χ1v) is 5.38. The van der Waals surface area contributed by atoms with Gasteiger partial charge >= 0.3 is 0 Å². The van der Waals surface area contributed by atoms with E-state index in [1.165, 1.54) is 0 Å². The largest absolute Gasteiger partial charge is 0.374 e. The maximum Gasteiger partial charge on any atom is 0.0864 e. The van der Waals surface area contributed by atoms with E-state index in [0.29, 0.717) is 0 Å². The number of rotatable bonds is 2. The summed E-state index contributed by atoms with van der Waals surface area (Å²) in [6.07, 6.45) is 4.54. The van der Waals surface area contributed by atoms with Crippen molar-refractivity contribution >= 4 is 17.1 Å². The standard InChI is InChI=1S/C14H16N2/c1-4-11-10-14(3,5-2)16-13-9-7-6-8-12(13)15-11/h4-9,16H,1-2,10H2,3H3. The van der Waals surface area contributed by atoms with Crippen LogP contribution in [0.3, 0.4) is 0 Å². The van der Waals surface area contributed by atoms with Crippen molar-refractivity contribution in [3.05, 3.63) is 49.6 Å². The zero-order chi connectivity index (χ0) is 11.6. The molecule has 1 aliphatic rings. The number of aliphatic imine (C=N–C) groups is 1. The molecule has 0 saturated carbocycles. The highest BCUT2D eigenvalue weighted by molar-refractivity contribution is 5.99. The van der Waals surface area contributed by atoms with Crippen LogP contribution in [-0.4, -0.2) is 11.3 Å². The summed E-state index contributed by atoms with van der Waals surface area (Å²) in [5.41, 5.74) is 2.82. The maximum absolute atomic E-state index is 4.59. The first kappa shape index (κ1) is 10.7. The average molecular weight is 212 g/mol. The molecule has 0 aliphatic carbocycles. The SMILES string of the molecule is C=CC1=Nc2ccccc2NC(C)(C=C)C1. The van der Waals surface area contributed by atoms with Gasteiger partial charge in [-0.15, -0.1) is 6.58 Å². The molecule has 1 atom stereocenters. The van der Waals surface area contributed by atoms with E-state index in [1.807, 2.05) is 36.4 Å². The van der Waals surface area contributed by atoms with Gasteiger partial charge in [-0.1, -0.05) is 24.8 Å². The lowest BCUT2D eigenvalue weighted by molar-refractivity contribution is 0.672. The number of allylic oxidation sites excluding steroid dienone is 1. The number of nitrogens with zero attached hydrogens (tertiary/aromatic N) is 1. The van der Waals surface area contributed by atoms with Crippen LogP contribution >= 0.6 is 0 Å². The molecule has 1 unspecified atom stereocenters. The molecule has 0 bridgehead atoms. The van der Waals surface area contributed by atoms with Crippen molar-refractivity contribution in [3.63, 3.8) is 0 Å². The number of benzene rings is 1. The van der Waals surface area contributed by atoms with Gasteiger partial charge in [0.15, 0.2) is 0 Å². The fourth-order valence-corrected chi connectivity index (χ4v) is 1.84. The Morgan fingerprint density at radius 3 is 2.81 bits per heavy atom. The fourth-order valence-electron chi connectivity index (χ4n) is 1.84. The van der Waals surface area contributed by atoms with Gasteiger partial charge in [-0.2, -0.15) is 0 Å². The number of para-hydroxylation sites is 2. The van der Waals surface area contributed by atoms with E-state index in [4.69, 9.17) is 0 Å². The minimum atomic E-state index is -0.167. The number of anilines is 1. The third-order valence-electron chi connectivity index (χ3n) is 2.82. The predicted octanol–water partition coefficient (Wildman–Crippen LogP) is 3.71. The molecule has 2 nitrogen and oxygen atoms in total. The van der Waals surface area contributed by atoms with Crippen LogP contribution in [0.25, 0.3) is 0 Å². The van der Waals surface area contributed by atoms with Crippen LogP contribution in [0.15, 0.2) is 54.6 Å². The highest BCUT2D eigenvalue weighted by Crippen LogP contribution is 2.33. The summed E-state index contributed by atoms with van der Waals surface area (Å²) in [7, 11) is 0. The van der Waals surface area contributed by atoms with Crippen molar-refractivity contribution in [1.82, 2.24) is 0 Å². The molecule has 1 aromatic carbocycles. The van der Waals surface area contributed by atoms with Crippen LogP contribution in [-0.2, 0) is 0 Å². The van der Waals surface area contributed by atoms with E-state index in [0.717, 1.165) is 23.5 Å². The lowest BCUT2D eigenvalue weighted by atomic mass is 9.95. The molecule has 0 amide bonds. The molecule has 0 radical (unpaired) electrons. The van der Waals surface area contributed by atoms with Crippen LogP contribution in [0.4, 0.5) is 11.4 Å². The Labute approximate surface area is 96.4 Å². The topological polar surface area (TPSA) is 24.4 Å². The second kappa shape index (κ2) is 3.97. The Morgan fingerprint density at radius 2 is 2.12 bits per heavy atom. The Hall–Kier alpha value is -1.83. The van der Waals surface area contributed by atoms with E-state index in [1.54, 1.807) is 0 Å². The summed E-state index contributed by atoms with van der Waals surface area (Å²) in [6.45, 7) is 9.81. The zero-order valence-corrected chi connectivity index (χ0v) is 9.53. The lowest BCUT2D eigenvalue weighted by Crippen LogP contribution is -2.33. The van der Waals surface area contributed by atoms with Gasteiger partial charge in [-0.3, -0.25) is 4.99 Å². The molecule has 82 valence electrons. The summed E-state index contributed by atoms with van der Waals surface area (Å²) in [5, 5.41) is 3.47. The minimum Gasteiger partial charge on any atom is -0.374 e. The van der Waals surface area contributed by atoms with Gasteiger partial charge in [0.05, 0.1) is 16.9 Å². The molecule has 0 saturated heterocycles. The summed E-state index contributed by atoms with van der Waals surface area (Å²) < 4.78 is 0. The van der Waals surface area contributed by atoms with Gasteiger partial charge in [-0.05, 0) is 25.1 Å². The minimum absolute atomic E-state index is 0.167. The molecule has 2 heteroatoms. The van der Waals surface area contributed by atoms with Gasteiger partial charge in [0.2, 0.25) is 0 Å². The van der Waals surface area contributed by atoms with Crippen molar-refractivity contribution < 1.29 is 0 Å². The van der Waals surface area contributed by atoms with E-state index in [2.05, 4.69) is 30.4 Å². The zero-order valence-electron chi connectivity index (χ0n) is 9.53. The highest BCUT2D eigenvalue weighted by atomic mass is 15.0.